The number of carbonyl (C=O) groups excluding carboxylic acids is 1. The van der Waals surface area contributed by atoms with E-state index in [0.29, 0.717) is 0 Å². The Morgan fingerprint density at radius 1 is 1.24 bits per heavy atom. The van der Waals surface area contributed by atoms with Crippen molar-refractivity contribution in [2.24, 2.45) is 0 Å². The van der Waals surface area contributed by atoms with Crippen LogP contribution in [0.5, 0.6) is 0 Å². The third kappa shape index (κ3) is 8.77. The molecule has 0 aromatic heterocycles. The Bertz CT molecular complexity index is 586. The smallest absolute Gasteiger partial charge is 0.327 e. The van der Waals surface area contributed by atoms with Gasteiger partial charge in [-0.15, -0.1) is 0 Å². The van der Waals surface area contributed by atoms with E-state index in [-0.39, 0.29) is 5.57 Å². The van der Waals surface area contributed by atoms with Gasteiger partial charge in [0.2, 0.25) is 5.91 Å². The molecule has 0 fully saturated rings. The number of hydrogen-bond acceptors (Lipinski definition) is 4. The SMILES string of the molecule is C\C=C/C(C)=C\C=C(/C)C(=O)NC(CS(=O)(=O)O)C(=O)O. The van der Waals surface area contributed by atoms with Crippen molar-refractivity contribution in [3.8, 4) is 0 Å². The number of carboxylic acids is 1. The Morgan fingerprint density at radius 3 is 2.24 bits per heavy atom. The Balaban J connectivity index is 4.96. The van der Waals surface area contributed by atoms with E-state index in [2.05, 4.69) is 0 Å². The second-order valence-electron chi connectivity index (χ2n) is 4.37. The fraction of sp³-hybridized carbons (Fsp3) is 0.385. The maximum atomic E-state index is 11.7. The van der Waals surface area contributed by atoms with Gasteiger partial charge in [0.1, 0.15) is 11.8 Å². The highest BCUT2D eigenvalue weighted by molar-refractivity contribution is 7.85. The van der Waals surface area contributed by atoms with Gasteiger partial charge in [-0.25, -0.2) is 4.79 Å². The van der Waals surface area contributed by atoms with Crippen LogP contribution in [0.4, 0.5) is 0 Å². The number of allylic oxidation sites excluding steroid dienone is 5. The summed E-state index contributed by atoms with van der Waals surface area (Å²) in [4.78, 5) is 22.6. The summed E-state index contributed by atoms with van der Waals surface area (Å²) in [5.74, 6) is -3.36. The van der Waals surface area contributed by atoms with Crippen LogP contribution in [0.15, 0.2) is 35.5 Å². The lowest BCUT2D eigenvalue weighted by Gasteiger charge is -2.12. The summed E-state index contributed by atoms with van der Waals surface area (Å²) in [6.07, 6.45) is 6.78. The van der Waals surface area contributed by atoms with Crippen molar-refractivity contribution in [3.63, 3.8) is 0 Å². The third-order valence-corrected chi connectivity index (χ3v) is 3.12. The van der Waals surface area contributed by atoms with Crippen molar-refractivity contribution < 1.29 is 27.7 Å². The first-order valence-electron chi connectivity index (χ1n) is 6.03. The Labute approximate surface area is 123 Å². The van der Waals surface area contributed by atoms with E-state index >= 15 is 0 Å². The molecule has 21 heavy (non-hydrogen) atoms. The predicted molar refractivity (Wildman–Crippen MR) is 78.3 cm³/mol. The van der Waals surface area contributed by atoms with Crippen molar-refractivity contribution in [2.45, 2.75) is 26.8 Å². The number of nitrogens with one attached hydrogen (secondary N) is 1. The molecule has 0 aliphatic heterocycles. The maximum Gasteiger partial charge on any atom is 0.327 e. The minimum absolute atomic E-state index is 0.209. The quantitative estimate of drug-likeness (QED) is 0.364. The number of hydrogen-bond donors (Lipinski definition) is 3. The molecule has 0 radical (unpaired) electrons. The molecule has 0 aliphatic rings. The summed E-state index contributed by atoms with van der Waals surface area (Å²) >= 11 is 0. The van der Waals surface area contributed by atoms with Crippen LogP contribution in [0, 0.1) is 0 Å². The van der Waals surface area contributed by atoms with Crippen LogP contribution in [-0.4, -0.2) is 41.7 Å². The topological polar surface area (TPSA) is 121 Å². The normalized spacial score (nSPS) is 15.0. The van der Waals surface area contributed by atoms with Gasteiger partial charge in [0.15, 0.2) is 0 Å². The van der Waals surface area contributed by atoms with Gasteiger partial charge < -0.3 is 10.4 Å². The van der Waals surface area contributed by atoms with E-state index in [9.17, 15) is 18.0 Å². The molecule has 8 heteroatoms. The highest BCUT2D eigenvalue weighted by atomic mass is 32.2. The largest absolute Gasteiger partial charge is 0.480 e. The van der Waals surface area contributed by atoms with Gasteiger partial charge in [-0.1, -0.05) is 29.9 Å². The lowest BCUT2D eigenvalue weighted by Crippen LogP contribution is -2.45. The van der Waals surface area contributed by atoms with Crippen molar-refractivity contribution in [1.82, 2.24) is 5.32 Å². The van der Waals surface area contributed by atoms with Gasteiger partial charge in [0.05, 0.1) is 0 Å². The van der Waals surface area contributed by atoms with Crippen molar-refractivity contribution in [2.75, 3.05) is 5.75 Å². The molecule has 0 spiro atoms. The number of rotatable bonds is 7. The molecule has 1 atom stereocenters. The molecule has 0 aromatic rings. The Hall–Kier alpha value is -1.93. The van der Waals surface area contributed by atoms with Gasteiger partial charge in [-0.05, 0) is 20.8 Å². The van der Waals surface area contributed by atoms with E-state index in [4.69, 9.17) is 9.66 Å². The highest BCUT2D eigenvalue weighted by Crippen LogP contribution is 2.01. The van der Waals surface area contributed by atoms with Crippen LogP contribution in [0.1, 0.15) is 20.8 Å². The molecule has 118 valence electrons. The minimum Gasteiger partial charge on any atom is -0.480 e. The zero-order valence-corrected chi connectivity index (χ0v) is 12.8. The van der Waals surface area contributed by atoms with Gasteiger partial charge in [-0.3, -0.25) is 9.35 Å². The van der Waals surface area contributed by atoms with Crippen LogP contribution in [0.2, 0.25) is 0 Å². The summed E-state index contributed by atoms with van der Waals surface area (Å²) in [6.45, 7) is 5.12. The number of amides is 1. The molecule has 1 unspecified atom stereocenters. The molecule has 0 aromatic carbocycles. The number of aliphatic carboxylic acids is 1. The second kappa shape index (κ2) is 8.38. The molecular formula is C13H19NO6S. The maximum absolute atomic E-state index is 11.7. The lowest BCUT2D eigenvalue weighted by atomic mass is 10.2. The minimum atomic E-state index is -4.51. The molecule has 0 bridgehead atoms. The van der Waals surface area contributed by atoms with E-state index in [0.717, 1.165) is 5.57 Å². The molecule has 1 amide bonds. The summed E-state index contributed by atoms with van der Waals surface area (Å²) in [5.41, 5.74) is 1.10. The summed E-state index contributed by atoms with van der Waals surface area (Å²) in [7, 11) is -4.51. The number of carbonyl (C=O) groups is 2. The summed E-state index contributed by atoms with van der Waals surface area (Å²) in [5, 5.41) is 10.9. The summed E-state index contributed by atoms with van der Waals surface area (Å²) in [6, 6.07) is -1.71. The monoisotopic (exact) mass is 317 g/mol. The average molecular weight is 317 g/mol. The first-order valence-corrected chi connectivity index (χ1v) is 7.64. The van der Waals surface area contributed by atoms with E-state index in [1.165, 1.54) is 13.0 Å². The van der Waals surface area contributed by atoms with Gasteiger partial charge in [0.25, 0.3) is 10.1 Å². The van der Waals surface area contributed by atoms with Crippen molar-refractivity contribution >= 4 is 22.0 Å². The Morgan fingerprint density at radius 2 is 1.81 bits per heavy atom. The van der Waals surface area contributed by atoms with E-state index in [1.54, 1.807) is 6.08 Å². The zero-order valence-electron chi connectivity index (χ0n) is 12.0. The molecule has 3 N–H and O–H groups in total. The molecule has 0 saturated heterocycles. The predicted octanol–water partition coefficient (Wildman–Crippen LogP) is 0.912. The van der Waals surface area contributed by atoms with Crippen LogP contribution in [-0.2, 0) is 19.7 Å². The summed E-state index contributed by atoms with van der Waals surface area (Å²) < 4.78 is 30.0. The van der Waals surface area contributed by atoms with Gasteiger partial charge in [0, 0.05) is 5.57 Å². The van der Waals surface area contributed by atoms with E-state index < -0.39 is 33.8 Å². The fourth-order valence-corrected chi connectivity index (χ4v) is 1.96. The highest BCUT2D eigenvalue weighted by Gasteiger charge is 2.25. The Kier molecular flexibility index (Phi) is 7.61. The molecular weight excluding hydrogens is 298 g/mol. The molecule has 0 rings (SSSR count). The first kappa shape index (κ1) is 19.1. The number of carboxylic acid groups (broad SMARTS) is 1. The van der Waals surface area contributed by atoms with Crippen molar-refractivity contribution in [1.29, 1.82) is 0 Å². The average Bonchev–Trinajstić information content (AvgIpc) is 2.33. The van der Waals surface area contributed by atoms with Gasteiger partial charge >= 0.3 is 5.97 Å². The van der Waals surface area contributed by atoms with Crippen molar-refractivity contribution in [3.05, 3.63) is 35.5 Å². The van der Waals surface area contributed by atoms with Crippen LogP contribution in [0.25, 0.3) is 0 Å². The van der Waals surface area contributed by atoms with Crippen LogP contribution >= 0.6 is 0 Å². The fourth-order valence-electron chi connectivity index (χ4n) is 1.31. The second-order valence-corrected chi connectivity index (χ2v) is 5.87. The lowest BCUT2D eigenvalue weighted by molar-refractivity contribution is -0.140. The molecule has 0 aliphatic carbocycles. The van der Waals surface area contributed by atoms with Crippen LogP contribution in [0.3, 0.4) is 0 Å². The first-order chi connectivity index (χ1) is 9.56. The third-order valence-electron chi connectivity index (χ3n) is 2.36. The molecule has 0 saturated carbocycles. The van der Waals surface area contributed by atoms with Gasteiger partial charge in [-0.2, -0.15) is 8.42 Å². The van der Waals surface area contributed by atoms with E-state index in [1.807, 2.05) is 31.3 Å². The van der Waals surface area contributed by atoms with Crippen LogP contribution < -0.4 is 5.32 Å². The standard InChI is InChI=1S/C13H19NO6S/c1-4-5-9(2)6-7-10(3)12(15)14-11(13(16)17)8-21(18,19)20/h4-7,11H,8H2,1-3H3,(H,14,15)(H,16,17)(H,18,19,20)/b5-4-,9-6-,10-7+. The molecule has 0 heterocycles. The zero-order chi connectivity index (χ0) is 16.6. The molecule has 7 nitrogen and oxygen atoms in total.